The molecule has 0 spiro atoms. The molecule has 0 radical (unpaired) electrons. The van der Waals surface area contributed by atoms with Crippen LogP contribution in [0.3, 0.4) is 0 Å². The van der Waals surface area contributed by atoms with Gasteiger partial charge in [0.2, 0.25) is 0 Å². The Morgan fingerprint density at radius 1 is 0.978 bits per heavy atom. The Balaban J connectivity index is 1.05. The van der Waals surface area contributed by atoms with Crippen LogP contribution in [0, 0.1) is 0 Å². The summed E-state index contributed by atoms with van der Waals surface area (Å²) in [7, 11) is 1.43. The van der Waals surface area contributed by atoms with Crippen molar-refractivity contribution in [2.75, 3.05) is 12.0 Å². The number of carbonyl (C=O) groups excluding carboxylic acids is 1. The number of anilines is 1. The summed E-state index contributed by atoms with van der Waals surface area (Å²) in [5, 5.41) is 10.5. The first-order valence-electron chi connectivity index (χ1n) is 15.5. The molecule has 8 rings (SSSR count). The van der Waals surface area contributed by atoms with Gasteiger partial charge < -0.3 is 19.5 Å². The molecular weight excluding hydrogens is 627 g/mol. The zero-order valence-corrected chi connectivity index (χ0v) is 27.1. The van der Waals surface area contributed by atoms with Crippen molar-refractivity contribution in [2.24, 2.45) is 0 Å². The maximum atomic E-state index is 12.8. The van der Waals surface area contributed by atoms with E-state index in [2.05, 4.69) is 15.4 Å². The van der Waals surface area contributed by atoms with Crippen LogP contribution in [0.1, 0.15) is 66.1 Å². The number of aromatic nitrogens is 2. The Labute approximate surface area is 275 Å². The Bertz CT molecular complexity index is 1870. The van der Waals surface area contributed by atoms with E-state index in [1.165, 1.54) is 7.11 Å². The number of nitrogens with one attached hydrogen (secondary N) is 1. The van der Waals surface area contributed by atoms with Crippen LogP contribution in [-0.2, 0) is 11.3 Å². The Morgan fingerprint density at radius 2 is 1.71 bits per heavy atom. The quantitative estimate of drug-likeness (QED) is 0.167. The molecule has 1 N–H and O–H groups in total. The van der Waals surface area contributed by atoms with Gasteiger partial charge in [0, 0.05) is 47.3 Å². The van der Waals surface area contributed by atoms with Gasteiger partial charge in [0.15, 0.2) is 5.13 Å². The molecule has 3 fully saturated rings. The number of piperidine rings is 1. The summed E-state index contributed by atoms with van der Waals surface area (Å²) in [6, 6.07) is 20.5. The van der Waals surface area contributed by atoms with Gasteiger partial charge in [-0.05, 0) is 68.4 Å². The van der Waals surface area contributed by atoms with E-state index in [9.17, 15) is 4.79 Å². The van der Waals surface area contributed by atoms with Crippen LogP contribution in [-0.4, -0.2) is 41.3 Å². The average Bonchev–Trinajstić information content (AvgIpc) is 3.58. The number of fused-ring (bicyclic) bond motifs is 3. The van der Waals surface area contributed by atoms with Gasteiger partial charge in [0.25, 0.3) is 0 Å². The Hall–Kier alpha value is -3.43. The number of thiazole rings is 1. The molecule has 3 aliphatic rings. The normalized spacial score (nSPS) is 21.0. The third kappa shape index (κ3) is 5.22. The van der Waals surface area contributed by atoms with E-state index in [-0.39, 0.29) is 5.97 Å². The van der Waals surface area contributed by atoms with E-state index in [0.717, 1.165) is 87.6 Å². The van der Waals surface area contributed by atoms with Crippen molar-refractivity contribution < 1.29 is 14.1 Å². The molecule has 2 bridgehead atoms. The van der Waals surface area contributed by atoms with Crippen LogP contribution in [0.4, 0.5) is 5.13 Å². The second kappa shape index (κ2) is 11.7. The average molecular weight is 660 g/mol. The van der Waals surface area contributed by atoms with Crippen LogP contribution in [0.25, 0.3) is 32.6 Å². The molecule has 45 heavy (non-hydrogen) atoms. The number of hydrogen-bond donors (Lipinski definition) is 1. The van der Waals surface area contributed by atoms with Gasteiger partial charge in [0.05, 0.1) is 32.9 Å². The number of nitrogens with zero attached hydrogens (tertiary/aromatic N) is 3. The molecule has 4 heterocycles. The smallest absolute Gasteiger partial charge is 0.338 e. The molecule has 0 amide bonds. The predicted octanol–water partition coefficient (Wildman–Crippen LogP) is 8.88. The van der Waals surface area contributed by atoms with Crippen molar-refractivity contribution in [1.29, 1.82) is 0 Å². The molecule has 2 unspecified atom stereocenters. The Morgan fingerprint density at radius 3 is 2.40 bits per heavy atom. The molecule has 2 aromatic heterocycles. The summed E-state index contributed by atoms with van der Waals surface area (Å²) in [5.74, 6) is 1.04. The largest absolute Gasteiger partial charge is 0.465 e. The second-order valence-corrected chi connectivity index (χ2v) is 14.1. The van der Waals surface area contributed by atoms with Crippen LogP contribution < -0.4 is 10.2 Å². The Kier molecular flexibility index (Phi) is 7.56. The van der Waals surface area contributed by atoms with Gasteiger partial charge >= 0.3 is 5.97 Å². The maximum absolute atomic E-state index is 12.8. The lowest BCUT2D eigenvalue weighted by molar-refractivity contribution is 0.0602. The van der Waals surface area contributed by atoms with E-state index >= 15 is 0 Å². The molecular formula is C35H32Cl2N4O3S. The van der Waals surface area contributed by atoms with Crippen molar-refractivity contribution in [3.8, 4) is 22.4 Å². The number of halogens is 2. The van der Waals surface area contributed by atoms with Crippen molar-refractivity contribution in [3.05, 3.63) is 87.6 Å². The van der Waals surface area contributed by atoms with Crippen molar-refractivity contribution >= 4 is 55.9 Å². The zero-order chi connectivity index (χ0) is 30.7. The predicted molar refractivity (Wildman–Crippen MR) is 179 cm³/mol. The highest BCUT2D eigenvalue weighted by atomic mass is 35.5. The lowest BCUT2D eigenvalue weighted by atomic mass is 9.97. The standard InChI is InChI=1S/C35H32Cl2N4O3S/c1-43-34(42)24-14-15-28-33(29(24)19-6-3-2-4-7-19)45-35(39-28)41-22-12-13-23(41)17-21(16-22)38-18-25-31(40-44-32(25)20-10-11-20)30-26(36)8-5-9-27(30)37/h2-9,14-15,20-23,38H,10-13,16-18H2,1H3. The number of esters is 1. The van der Waals surface area contributed by atoms with Gasteiger partial charge in [-0.15, -0.1) is 0 Å². The van der Waals surface area contributed by atoms with E-state index in [0.29, 0.717) is 46.2 Å². The molecule has 2 saturated heterocycles. The summed E-state index contributed by atoms with van der Waals surface area (Å²) in [6.07, 6.45) is 6.57. The first-order chi connectivity index (χ1) is 22.0. The van der Waals surface area contributed by atoms with Gasteiger partial charge in [-0.2, -0.15) is 0 Å². The lowest BCUT2D eigenvalue weighted by Gasteiger charge is -2.39. The molecule has 7 nitrogen and oxygen atoms in total. The van der Waals surface area contributed by atoms with Gasteiger partial charge in [-0.1, -0.05) is 76.1 Å². The summed E-state index contributed by atoms with van der Waals surface area (Å²) in [4.78, 5) is 20.4. The minimum absolute atomic E-state index is 0.338. The molecule has 1 aliphatic carbocycles. The van der Waals surface area contributed by atoms with Gasteiger partial charge in [-0.25, -0.2) is 9.78 Å². The fourth-order valence-corrected chi connectivity index (χ4v) is 9.10. The number of carbonyl (C=O) groups is 1. The highest BCUT2D eigenvalue weighted by Crippen LogP contribution is 2.47. The van der Waals surface area contributed by atoms with Crippen LogP contribution >= 0.6 is 34.5 Å². The summed E-state index contributed by atoms with van der Waals surface area (Å²) in [5.41, 5.74) is 5.91. The maximum Gasteiger partial charge on any atom is 0.338 e. The minimum Gasteiger partial charge on any atom is -0.465 e. The SMILES string of the molecule is COC(=O)c1ccc2nc(N3C4CCC3CC(NCc3c(-c5c(Cl)cccc5Cl)noc3C3CC3)C4)sc2c1-c1ccccc1. The summed E-state index contributed by atoms with van der Waals surface area (Å²) >= 11 is 14.9. The molecule has 10 heteroatoms. The number of ether oxygens (including phenoxy) is 1. The van der Waals surface area contributed by atoms with Crippen molar-refractivity contribution in [2.45, 2.75) is 69.1 Å². The lowest BCUT2D eigenvalue weighted by Crippen LogP contribution is -2.49. The molecule has 230 valence electrons. The van der Waals surface area contributed by atoms with Gasteiger partial charge in [-0.3, -0.25) is 0 Å². The van der Waals surface area contributed by atoms with Crippen molar-refractivity contribution in [3.63, 3.8) is 0 Å². The third-order valence-electron chi connectivity index (χ3n) is 9.50. The van der Waals surface area contributed by atoms with Crippen molar-refractivity contribution in [1.82, 2.24) is 15.5 Å². The fraction of sp³-hybridized carbons (Fsp3) is 0.343. The molecule has 2 atom stereocenters. The number of hydrogen-bond acceptors (Lipinski definition) is 8. The third-order valence-corrected chi connectivity index (χ3v) is 11.2. The van der Waals surface area contributed by atoms with E-state index in [1.54, 1.807) is 11.3 Å². The van der Waals surface area contributed by atoms with Crippen LogP contribution in [0.5, 0.6) is 0 Å². The highest BCUT2D eigenvalue weighted by molar-refractivity contribution is 7.22. The van der Waals surface area contributed by atoms with E-state index < -0.39 is 0 Å². The van der Waals surface area contributed by atoms with Gasteiger partial charge in [0.1, 0.15) is 11.5 Å². The summed E-state index contributed by atoms with van der Waals surface area (Å²) < 4.78 is 12.1. The monoisotopic (exact) mass is 658 g/mol. The second-order valence-electron chi connectivity index (χ2n) is 12.3. The number of methoxy groups -OCH3 is 1. The fourth-order valence-electron chi connectivity index (χ4n) is 7.24. The molecule has 2 aliphatic heterocycles. The van der Waals surface area contributed by atoms with Crippen LogP contribution in [0.2, 0.25) is 10.0 Å². The molecule has 3 aromatic carbocycles. The highest BCUT2D eigenvalue weighted by Gasteiger charge is 2.42. The number of benzene rings is 3. The minimum atomic E-state index is -0.338. The number of rotatable bonds is 8. The first-order valence-corrected chi connectivity index (χ1v) is 17.1. The van der Waals surface area contributed by atoms with Crippen LogP contribution in [0.15, 0.2) is 65.2 Å². The van der Waals surface area contributed by atoms with E-state index in [4.69, 9.17) is 37.4 Å². The molecule has 1 saturated carbocycles. The zero-order valence-electron chi connectivity index (χ0n) is 24.8. The summed E-state index contributed by atoms with van der Waals surface area (Å²) in [6.45, 7) is 0.661. The van der Waals surface area contributed by atoms with E-state index in [1.807, 2.05) is 60.7 Å². The first kappa shape index (κ1) is 29.0. The topological polar surface area (TPSA) is 80.5 Å². The molecule has 5 aromatic rings.